The highest BCUT2D eigenvalue weighted by molar-refractivity contribution is 5.37. The zero-order chi connectivity index (χ0) is 15.8. The summed E-state index contributed by atoms with van der Waals surface area (Å²) in [6.45, 7) is 4.86. The first-order chi connectivity index (χ1) is 11.2. The molecule has 4 heteroatoms. The molecule has 1 aromatic heterocycles. The number of aromatic nitrogens is 2. The fourth-order valence-electron chi connectivity index (χ4n) is 3.84. The minimum Gasteiger partial charge on any atom is -0.300 e. The Hall–Kier alpha value is -1.94. The van der Waals surface area contributed by atoms with Gasteiger partial charge in [0.1, 0.15) is 0 Å². The molecule has 1 unspecified atom stereocenters. The van der Waals surface area contributed by atoms with Crippen molar-refractivity contribution in [2.75, 3.05) is 13.1 Å². The molecule has 0 amide bonds. The molecule has 1 aromatic carbocycles. The SMILES string of the molecule is CC1CCCN1C[C@H]1C[C@@H]1c1ccc(-n2ncccc2=O)cc1. The summed E-state index contributed by atoms with van der Waals surface area (Å²) in [6.07, 6.45) is 5.65. The van der Waals surface area contributed by atoms with Crippen molar-refractivity contribution in [3.8, 4) is 5.69 Å². The third-order valence-electron chi connectivity index (χ3n) is 5.36. The molecule has 1 aliphatic carbocycles. The zero-order valence-electron chi connectivity index (χ0n) is 13.6. The minimum absolute atomic E-state index is 0.0902. The number of hydrogen-bond donors (Lipinski definition) is 0. The normalized spacial score (nSPS) is 27.3. The van der Waals surface area contributed by atoms with Crippen LogP contribution in [0.25, 0.3) is 5.69 Å². The zero-order valence-corrected chi connectivity index (χ0v) is 13.6. The van der Waals surface area contributed by atoms with Crippen LogP contribution in [-0.2, 0) is 0 Å². The lowest BCUT2D eigenvalue weighted by atomic mass is 10.1. The molecular weight excluding hydrogens is 286 g/mol. The summed E-state index contributed by atoms with van der Waals surface area (Å²) in [6, 6.07) is 12.3. The molecule has 4 nitrogen and oxygen atoms in total. The van der Waals surface area contributed by atoms with E-state index in [2.05, 4.69) is 29.1 Å². The van der Waals surface area contributed by atoms with Crippen LogP contribution in [0.4, 0.5) is 0 Å². The molecule has 1 saturated heterocycles. The van der Waals surface area contributed by atoms with Crippen LogP contribution in [0.5, 0.6) is 0 Å². The van der Waals surface area contributed by atoms with Gasteiger partial charge in [0.25, 0.3) is 5.56 Å². The molecule has 23 heavy (non-hydrogen) atoms. The monoisotopic (exact) mass is 309 g/mol. The van der Waals surface area contributed by atoms with E-state index < -0.39 is 0 Å². The smallest absolute Gasteiger partial charge is 0.271 e. The van der Waals surface area contributed by atoms with Crippen LogP contribution in [0.15, 0.2) is 47.4 Å². The van der Waals surface area contributed by atoms with Gasteiger partial charge in [-0.1, -0.05) is 12.1 Å². The lowest BCUT2D eigenvalue weighted by Gasteiger charge is -2.20. The summed E-state index contributed by atoms with van der Waals surface area (Å²) in [5, 5.41) is 4.13. The van der Waals surface area contributed by atoms with Gasteiger partial charge in [0.15, 0.2) is 0 Å². The van der Waals surface area contributed by atoms with Gasteiger partial charge in [0.05, 0.1) is 5.69 Å². The van der Waals surface area contributed by atoms with Crippen LogP contribution in [0, 0.1) is 5.92 Å². The fourth-order valence-corrected chi connectivity index (χ4v) is 3.84. The predicted molar refractivity (Wildman–Crippen MR) is 91.0 cm³/mol. The number of rotatable bonds is 4. The van der Waals surface area contributed by atoms with E-state index in [0.29, 0.717) is 5.92 Å². The van der Waals surface area contributed by atoms with E-state index in [1.807, 2.05) is 12.1 Å². The average molecular weight is 309 g/mol. The van der Waals surface area contributed by atoms with Crippen LogP contribution in [0.3, 0.4) is 0 Å². The molecule has 4 rings (SSSR count). The summed E-state index contributed by atoms with van der Waals surface area (Å²) in [5.74, 6) is 1.50. The van der Waals surface area contributed by atoms with Crippen molar-refractivity contribution in [1.82, 2.24) is 14.7 Å². The van der Waals surface area contributed by atoms with Gasteiger partial charge in [-0.2, -0.15) is 9.78 Å². The number of hydrogen-bond acceptors (Lipinski definition) is 3. The fraction of sp³-hybridized carbons (Fsp3) is 0.474. The molecule has 2 heterocycles. The highest BCUT2D eigenvalue weighted by Crippen LogP contribution is 2.48. The van der Waals surface area contributed by atoms with E-state index in [9.17, 15) is 4.79 Å². The predicted octanol–water partition coefficient (Wildman–Crippen LogP) is 2.82. The maximum Gasteiger partial charge on any atom is 0.271 e. The lowest BCUT2D eigenvalue weighted by Crippen LogP contribution is -2.29. The highest BCUT2D eigenvalue weighted by Gasteiger charge is 2.40. The van der Waals surface area contributed by atoms with Crippen LogP contribution in [0.1, 0.15) is 37.7 Å². The van der Waals surface area contributed by atoms with Gasteiger partial charge in [-0.3, -0.25) is 4.79 Å². The molecular formula is C19H23N3O. The Morgan fingerprint density at radius 1 is 1.22 bits per heavy atom. The number of likely N-dealkylation sites (tertiary alicyclic amines) is 1. The second-order valence-corrected chi connectivity index (χ2v) is 6.95. The summed E-state index contributed by atoms with van der Waals surface area (Å²) >= 11 is 0. The van der Waals surface area contributed by atoms with Gasteiger partial charge in [-0.25, -0.2) is 0 Å². The van der Waals surface area contributed by atoms with E-state index in [4.69, 9.17) is 0 Å². The molecule has 120 valence electrons. The summed E-state index contributed by atoms with van der Waals surface area (Å²) in [4.78, 5) is 14.5. The van der Waals surface area contributed by atoms with E-state index in [1.165, 1.54) is 48.7 Å². The largest absolute Gasteiger partial charge is 0.300 e. The minimum atomic E-state index is -0.0902. The Kier molecular flexibility index (Phi) is 3.77. The van der Waals surface area contributed by atoms with E-state index in [0.717, 1.165) is 17.6 Å². The molecule has 2 fully saturated rings. The summed E-state index contributed by atoms with van der Waals surface area (Å²) in [5.41, 5.74) is 2.15. The Balaban J connectivity index is 1.44. The molecule has 0 N–H and O–H groups in total. The van der Waals surface area contributed by atoms with Gasteiger partial charge in [-0.15, -0.1) is 0 Å². The molecule has 0 spiro atoms. The Labute approximate surface area is 136 Å². The van der Waals surface area contributed by atoms with Gasteiger partial charge in [-0.05, 0) is 68.3 Å². The molecule has 1 aliphatic heterocycles. The van der Waals surface area contributed by atoms with Gasteiger partial charge >= 0.3 is 0 Å². The third kappa shape index (κ3) is 2.95. The van der Waals surface area contributed by atoms with Crippen molar-refractivity contribution in [3.05, 3.63) is 58.5 Å². The van der Waals surface area contributed by atoms with Crippen molar-refractivity contribution in [2.45, 2.75) is 38.1 Å². The van der Waals surface area contributed by atoms with E-state index in [1.54, 1.807) is 12.3 Å². The van der Waals surface area contributed by atoms with Crippen LogP contribution < -0.4 is 5.56 Å². The number of benzene rings is 1. The Bertz CT molecular complexity index is 737. The second kappa shape index (κ2) is 5.93. The lowest BCUT2D eigenvalue weighted by molar-refractivity contribution is 0.256. The van der Waals surface area contributed by atoms with Crippen LogP contribution in [0.2, 0.25) is 0 Å². The van der Waals surface area contributed by atoms with Crippen molar-refractivity contribution in [2.24, 2.45) is 5.92 Å². The van der Waals surface area contributed by atoms with Crippen LogP contribution >= 0.6 is 0 Å². The quantitative estimate of drug-likeness (QED) is 0.871. The van der Waals surface area contributed by atoms with Gasteiger partial charge < -0.3 is 4.90 Å². The van der Waals surface area contributed by atoms with E-state index in [-0.39, 0.29) is 5.56 Å². The van der Waals surface area contributed by atoms with Crippen molar-refractivity contribution >= 4 is 0 Å². The Morgan fingerprint density at radius 2 is 2.04 bits per heavy atom. The first kappa shape index (κ1) is 14.6. The highest BCUT2D eigenvalue weighted by atomic mass is 16.1. The number of nitrogens with zero attached hydrogens (tertiary/aromatic N) is 3. The average Bonchev–Trinajstić information content (AvgIpc) is 3.22. The van der Waals surface area contributed by atoms with Gasteiger partial charge in [0.2, 0.25) is 0 Å². The molecule has 0 radical (unpaired) electrons. The molecule has 1 saturated carbocycles. The van der Waals surface area contributed by atoms with Crippen molar-refractivity contribution in [1.29, 1.82) is 0 Å². The first-order valence-electron chi connectivity index (χ1n) is 8.61. The van der Waals surface area contributed by atoms with Crippen molar-refractivity contribution < 1.29 is 0 Å². The van der Waals surface area contributed by atoms with E-state index >= 15 is 0 Å². The van der Waals surface area contributed by atoms with Gasteiger partial charge in [0, 0.05) is 24.8 Å². The maximum atomic E-state index is 11.8. The second-order valence-electron chi connectivity index (χ2n) is 6.95. The molecule has 2 aromatic rings. The third-order valence-corrected chi connectivity index (χ3v) is 5.36. The first-order valence-corrected chi connectivity index (χ1v) is 8.61. The van der Waals surface area contributed by atoms with Crippen molar-refractivity contribution in [3.63, 3.8) is 0 Å². The summed E-state index contributed by atoms with van der Waals surface area (Å²) < 4.78 is 1.44. The molecule has 0 bridgehead atoms. The van der Waals surface area contributed by atoms with Crippen LogP contribution in [-0.4, -0.2) is 33.8 Å². The standard InChI is InChI=1S/C19H23N3O/c1-14-4-3-11-21(14)13-16-12-18(16)15-6-8-17(9-7-15)22-19(23)5-2-10-20-22/h2,5-10,14,16,18H,3-4,11-13H2,1H3/t14?,16-,18-/m1/s1. The summed E-state index contributed by atoms with van der Waals surface area (Å²) in [7, 11) is 0. The Morgan fingerprint density at radius 3 is 2.74 bits per heavy atom. The molecule has 3 atom stereocenters. The molecule has 2 aliphatic rings. The topological polar surface area (TPSA) is 38.1 Å². The maximum absolute atomic E-state index is 11.8.